The zero-order valence-electron chi connectivity index (χ0n) is 25.5. The summed E-state index contributed by atoms with van der Waals surface area (Å²) < 4.78 is 86.8. The van der Waals surface area contributed by atoms with Crippen molar-refractivity contribution < 1.29 is 40.7 Å². The number of carbonyl (C=O) groups is 1. The standard InChI is InChI=1S/C32H37F6N5O3/c1-22(40-46-15-12-41-10-13-45-14-11-41)6-7-42-8-9-43(27(21-42)18-24-20-39-29-5-3-2-4-28(24)29)30(44)23-16-25(31(33,34)35)19-26(17-23)32(36,37)38/h2-5,16-17,19-20,27,39H,6-15,18,21H2,1H3/b40-22-/t27-/m1/s1. The molecule has 1 aromatic heterocycles. The lowest BCUT2D eigenvalue weighted by atomic mass is 9.98. The molecule has 1 atom stereocenters. The fourth-order valence-corrected chi connectivity index (χ4v) is 5.88. The van der Waals surface area contributed by atoms with Crippen LogP contribution >= 0.6 is 0 Å². The van der Waals surface area contributed by atoms with E-state index in [0.29, 0.717) is 64.4 Å². The lowest BCUT2D eigenvalue weighted by Crippen LogP contribution is -2.56. The van der Waals surface area contributed by atoms with Crippen molar-refractivity contribution in [3.63, 3.8) is 0 Å². The summed E-state index contributed by atoms with van der Waals surface area (Å²) in [7, 11) is 0. The maximum atomic E-state index is 13.7. The molecule has 2 aliphatic rings. The molecule has 46 heavy (non-hydrogen) atoms. The molecule has 5 rings (SSSR count). The van der Waals surface area contributed by atoms with Crippen LogP contribution in [0.5, 0.6) is 0 Å². The van der Waals surface area contributed by atoms with Crippen molar-refractivity contribution in [3.05, 3.63) is 70.9 Å². The number of halogens is 6. The molecule has 2 fully saturated rings. The second kappa shape index (κ2) is 14.4. The van der Waals surface area contributed by atoms with Crippen LogP contribution in [-0.4, -0.2) is 103 Å². The summed E-state index contributed by atoms with van der Waals surface area (Å²) >= 11 is 0. The predicted octanol–water partition coefficient (Wildman–Crippen LogP) is 5.69. The van der Waals surface area contributed by atoms with E-state index in [2.05, 4.69) is 19.9 Å². The van der Waals surface area contributed by atoms with Gasteiger partial charge in [0.1, 0.15) is 6.61 Å². The van der Waals surface area contributed by atoms with Crippen LogP contribution in [0.15, 0.2) is 53.8 Å². The third kappa shape index (κ3) is 8.59. The fraction of sp³-hybridized carbons (Fsp3) is 0.500. The van der Waals surface area contributed by atoms with Crippen LogP contribution in [0.1, 0.15) is 40.4 Å². The molecule has 3 aromatic rings. The van der Waals surface area contributed by atoms with Crippen molar-refractivity contribution >= 4 is 22.5 Å². The number of aromatic amines is 1. The van der Waals surface area contributed by atoms with Crippen molar-refractivity contribution in [3.8, 4) is 0 Å². The number of ether oxygens (including phenoxy) is 1. The van der Waals surface area contributed by atoms with Crippen LogP contribution in [0.4, 0.5) is 26.3 Å². The van der Waals surface area contributed by atoms with Crippen molar-refractivity contribution in [1.29, 1.82) is 0 Å². The first-order chi connectivity index (χ1) is 21.9. The van der Waals surface area contributed by atoms with Gasteiger partial charge in [-0.25, -0.2) is 0 Å². The monoisotopic (exact) mass is 653 g/mol. The third-order valence-corrected chi connectivity index (χ3v) is 8.41. The Morgan fingerprint density at radius 3 is 2.35 bits per heavy atom. The van der Waals surface area contributed by atoms with Gasteiger partial charge in [-0.3, -0.25) is 14.6 Å². The summed E-state index contributed by atoms with van der Waals surface area (Å²) in [6.07, 6.45) is -7.33. The van der Waals surface area contributed by atoms with Gasteiger partial charge in [-0.05, 0) is 43.2 Å². The third-order valence-electron chi connectivity index (χ3n) is 8.41. The molecule has 0 unspecified atom stereocenters. The second-order valence-corrected chi connectivity index (χ2v) is 11.7. The number of H-pyrrole nitrogens is 1. The summed E-state index contributed by atoms with van der Waals surface area (Å²) in [4.78, 5) is 28.2. The summed E-state index contributed by atoms with van der Waals surface area (Å²) in [6.45, 7) is 7.70. The van der Waals surface area contributed by atoms with Gasteiger partial charge in [-0.15, -0.1) is 0 Å². The molecule has 3 heterocycles. The number of oxime groups is 1. The van der Waals surface area contributed by atoms with E-state index in [1.807, 2.05) is 37.4 Å². The van der Waals surface area contributed by atoms with Crippen LogP contribution in [-0.2, 0) is 28.3 Å². The normalized spacial score (nSPS) is 19.2. The number of nitrogens with zero attached hydrogens (tertiary/aromatic N) is 4. The first-order valence-corrected chi connectivity index (χ1v) is 15.2. The van der Waals surface area contributed by atoms with Gasteiger partial charge in [-0.2, -0.15) is 26.3 Å². The second-order valence-electron chi connectivity index (χ2n) is 11.7. The number of nitrogens with one attached hydrogen (secondary N) is 1. The van der Waals surface area contributed by atoms with Gasteiger partial charge in [-0.1, -0.05) is 23.4 Å². The minimum Gasteiger partial charge on any atom is -0.394 e. The van der Waals surface area contributed by atoms with Crippen molar-refractivity contribution in [2.24, 2.45) is 5.16 Å². The Kier molecular flexibility index (Phi) is 10.6. The minimum atomic E-state index is -5.05. The van der Waals surface area contributed by atoms with Crippen molar-refractivity contribution in [1.82, 2.24) is 19.7 Å². The number of piperazine rings is 1. The molecule has 2 saturated heterocycles. The Bertz CT molecular complexity index is 1480. The Balaban J connectivity index is 1.30. The van der Waals surface area contributed by atoms with E-state index >= 15 is 0 Å². The summed E-state index contributed by atoms with van der Waals surface area (Å²) in [5.74, 6) is -0.868. The number of hydrogen-bond acceptors (Lipinski definition) is 6. The van der Waals surface area contributed by atoms with E-state index in [-0.39, 0.29) is 12.6 Å². The van der Waals surface area contributed by atoms with E-state index in [1.54, 1.807) is 0 Å². The van der Waals surface area contributed by atoms with Gasteiger partial charge in [0, 0.05) is 80.9 Å². The molecule has 250 valence electrons. The summed E-state index contributed by atoms with van der Waals surface area (Å²) in [5, 5.41) is 5.16. The summed E-state index contributed by atoms with van der Waals surface area (Å²) in [5.41, 5.74) is -1.10. The molecule has 0 saturated carbocycles. The molecule has 8 nitrogen and oxygen atoms in total. The lowest BCUT2D eigenvalue weighted by molar-refractivity contribution is -0.143. The predicted molar refractivity (Wildman–Crippen MR) is 161 cm³/mol. The van der Waals surface area contributed by atoms with Gasteiger partial charge in [0.15, 0.2) is 0 Å². The highest BCUT2D eigenvalue weighted by molar-refractivity contribution is 5.95. The Hall–Kier alpha value is -3.62. The maximum absolute atomic E-state index is 13.7. The quantitative estimate of drug-likeness (QED) is 0.132. The fourth-order valence-electron chi connectivity index (χ4n) is 5.88. The van der Waals surface area contributed by atoms with Crippen LogP contribution in [0, 0.1) is 0 Å². The molecule has 1 amide bonds. The van der Waals surface area contributed by atoms with Crippen LogP contribution < -0.4 is 0 Å². The van der Waals surface area contributed by atoms with E-state index < -0.39 is 41.0 Å². The van der Waals surface area contributed by atoms with Gasteiger partial charge >= 0.3 is 12.4 Å². The zero-order valence-corrected chi connectivity index (χ0v) is 25.5. The molecule has 1 N–H and O–H groups in total. The number of aromatic nitrogens is 1. The highest BCUT2D eigenvalue weighted by Crippen LogP contribution is 2.37. The number of carbonyl (C=O) groups excluding carboxylic acids is 1. The van der Waals surface area contributed by atoms with Crippen LogP contribution in [0.2, 0.25) is 0 Å². The van der Waals surface area contributed by atoms with Crippen LogP contribution in [0.25, 0.3) is 10.9 Å². The Morgan fingerprint density at radius 1 is 0.957 bits per heavy atom. The minimum absolute atomic E-state index is 0.0361. The number of benzene rings is 2. The average molecular weight is 654 g/mol. The van der Waals surface area contributed by atoms with E-state index in [1.165, 1.54) is 4.90 Å². The maximum Gasteiger partial charge on any atom is 0.416 e. The SMILES string of the molecule is C/C(CCN1CCN(C(=O)c2cc(C(F)(F)F)cc(C(F)(F)F)c2)[C@H](Cc2c[nH]c3ccccc23)C1)=N/OCCN1CCOCC1. The lowest BCUT2D eigenvalue weighted by Gasteiger charge is -2.42. The molecular weight excluding hydrogens is 616 g/mol. The smallest absolute Gasteiger partial charge is 0.394 e. The van der Waals surface area contributed by atoms with Gasteiger partial charge in [0.05, 0.1) is 30.1 Å². The number of amides is 1. The molecule has 14 heteroatoms. The highest BCUT2D eigenvalue weighted by Gasteiger charge is 2.39. The van der Waals surface area contributed by atoms with Crippen molar-refractivity contribution in [2.75, 3.05) is 65.6 Å². The zero-order chi connectivity index (χ0) is 32.9. The molecule has 2 aliphatic heterocycles. The highest BCUT2D eigenvalue weighted by atomic mass is 19.4. The Labute approximate surface area is 262 Å². The number of alkyl halides is 6. The molecule has 0 bridgehead atoms. The van der Waals surface area contributed by atoms with E-state index in [9.17, 15) is 31.1 Å². The average Bonchev–Trinajstić information content (AvgIpc) is 3.44. The molecule has 2 aromatic carbocycles. The Morgan fingerprint density at radius 2 is 1.65 bits per heavy atom. The number of fused-ring (bicyclic) bond motifs is 1. The molecular formula is C32H37F6N5O3. The largest absolute Gasteiger partial charge is 0.416 e. The first kappa shape index (κ1) is 33.7. The van der Waals surface area contributed by atoms with E-state index in [4.69, 9.17) is 9.57 Å². The number of morpholine rings is 1. The molecule has 0 aliphatic carbocycles. The van der Waals surface area contributed by atoms with Crippen molar-refractivity contribution in [2.45, 2.75) is 38.2 Å². The summed E-state index contributed by atoms with van der Waals surface area (Å²) in [6, 6.07) is 8.12. The van der Waals surface area contributed by atoms with Gasteiger partial charge in [0.2, 0.25) is 0 Å². The van der Waals surface area contributed by atoms with Gasteiger partial charge in [0.25, 0.3) is 5.91 Å². The number of para-hydroxylation sites is 1. The number of rotatable bonds is 10. The molecule has 0 radical (unpaired) electrons. The van der Waals surface area contributed by atoms with E-state index in [0.717, 1.165) is 41.8 Å². The van der Waals surface area contributed by atoms with Crippen LogP contribution in [0.3, 0.4) is 0 Å². The molecule has 0 spiro atoms. The topological polar surface area (TPSA) is 73.4 Å². The first-order valence-electron chi connectivity index (χ1n) is 15.2. The number of hydrogen-bond donors (Lipinski definition) is 1. The van der Waals surface area contributed by atoms with Gasteiger partial charge < -0.3 is 19.5 Å².